The predicted octanol–water partition coefficient (Wildman–Crippen LogP) is 5.29. The molecule has 0 aliphatic carbocycles. The quantitative estimate of drug-likeness (QED) is 0.229. The average molecular weight is 405 g/mol. The molecule has 1 aliphatic rings. The van der Waals surface area contributed by atoms with Crippen LogP contribution in [0, 0.1) is 0 Å². The molecule has 24 heavy (non-hydrogen) atoms. The van der Waals surface area contributed by atoms with Gasteiger partial charge in [0.1, 0.15) is 0 Å². The van der Waals surface area contributed by atoms with E-state index in [1.165, 1.54) is 70.6 Å². The molecule has 1 saturated heterocycles. The third-order valence-electron chi connectivity index (χ3n) is 4.77. The molecule has 4 heteroatoms. The van der Waals surface area contributed by atoms with Crippen molar-refractivity contribution in [2.45, 2.75) is 120 Å². The summed E-state index contributed by atoms with van der Waals surface area (Å²) in [5, 5.41) is 11.4. The average Bonchev–Trinajstić information content (AvgIpc) is 2.97. The minimum absolute atomic E-state index is 0.111. The van der Waals surface area contributed by atoms with Crippen molar-refractivity contribution in [2.24, 2.45) is 0 Å². The molecule has 3 nitrogen and oxygen atoms in total. The molecule has 142 valence electrons. The molecule has 1 fully saturated rings. The second-order valence-corrected chi connectivity index (χ2v) is 9.38. The van der Waals surface area contributed by atoms with E-state index >= 15 is 0 Å². The number of hydrogen-bond acceptors (Lipinski definition) is 3. The summed E-state index contributed by atoms with van der Waals surface area (Å²) in [5.41, 5.74) is 0. The Morgan fingerprint density at radius 3 is 1.83 bits per heavy atom. The van der Waals surface area contributed by atoms with E-state index in [4.69, 9.17) is 4.74 Å². The summed E-state index contributed by atoms with van der Waals surface area (Å²) >= 11 is 0.458. The third-order valence-corrected chi connectivity index (χ3v) is 7.16. The number of hydrogen-bond donors (Lipinski definition) is 1. The van der Waals surface area contributed by atoms with E-state index in [9.17, 15) is 9.90 Å². The van der Waals surface area contributed by atoms with Gasteiger partial charge >= 0.3 is 110 Å². The van der Waals surface area contributed by atoms with Gasteiger partial charge in [0.2, 0.25) is 0 Å². The molecule has 0 aromatic carbocycles. The molecule has 0 bridgehead atoms. The summed E-state index contributed by atoms with van der Waals surface area (Å²) < 4.78 is 5.36. The molecule has 1 rings (SSSR count). The van der Waals surface area contributed by atoms with E-state index in [2.05, 4.69) is 6.92 Å². The Hall–Kier alpha value is -0.0505. The fraction of sp³-hybridized carbons (Fsp3) is 0.950. The fourth-order valence-electron chi connectivity index (χ4n) is 3.15. The molecule has 1 heterocycles. The Morgan fingerprint density at radius 1 is 0.875 bits per heavy atom. The van der Waals surface area contributed by atoms with E-state index in [1.807, 2.05) is 0 Å². The van der Waals surface area contributed by atoms with Gasteiger partial charge in [-0.3, -0.25) is 0 Å². The Labute approximate surface area is 155 Å². The van der Waals surface area contributed by atoms with Crippen molar-refractivity contribution in [1.29, 1.82) is 0 Å². The minimum atomic E-state index is -0.402. The van der Waals surface area contributed by atoms with Gasteiger partial charge in [-0.15, -0.1) is 0 Å². The maximum atomic E-state index is 11.7. The number of aliphatic hydroxyl groups is 1. The SMILES string of the molecule is CCCCCCCCCCCCCCCC(=O)O[C@H]1C[Se]C[C@@H]1O. The van der Waals surface area contributed by atoms with Gasteiger partial charge in [0.25, 0.3) is 0 Å². The van der Waals surface area contributed by atoms with Crippen LogP contribution in [0.25, 0.3) is 0 Å². The molecule has 0 amide bonds. The Kier molecular flexibility index (Phi) is 13.9. The predicted molar refractivity (Wildman–Crippen MR) is 102 cm³/mol. The molecule has 0 spiro atoms. The van der Waals surface area contributed by atoms with Crippen molar-refractivity contribution in [1.82, 2.24) is 0 Å². The standard InChI is InChI=1S/C20H38O3Se/c1-2-3-4-5-6-7-8-9-10-11-12-13-14-15-20(22)23-19-17-24-16-18(19)21/h18-19,21H,2-17H2,1H3/t18-,19-/m0/s1. The van der Waals surface area contributed by atoms with Crippen LogP contribution in [0.3, 0.4) is 0 Å². The van der Waals surface area contributed by atoms with Crippen molar-refractivity contribution < 1.29 is 14.6 Å². The summed E-state index contributed by atoms with van der Waals surface area (Å²) in [6.45, 7) is 2.27. The number of ether oxygens (including phenoxy) is 1. The fourth-order valence-corrected chi connectivity index (χ4v) is 5.49. The van der Waals surface area contributed by atoms with Gasteiger partial charge < -0.3 is 0 Å². The number of aliphatic hydroxyl groups excluding tert-OH is 1. The Balaban J connectivity index is 1.78. The van der Waals surface area contributed by atoms with Gasteiger partial charge in [0, 0.05) is 0 Å². The van der Waals surface area contributed by atoms with Crippen LogP contribution in [0.4, 0.5) is 0 Å². The number of carbonyl (C=O) groups excluding carboxylic acids is 1. The molecule has 0 aromatic heterocycles. The van der Waals surface area contributed by atoms with Crippen molar-refractivity contribution in [3.05, 3.63) is 0 Å². The van der Waals surface area contributed by atoms with E-state index in [0.717, 1.165) is 23.5 Å². The molecule has 0 saturated carbocycles. The van der Waals surface area contributed by atoms with E-state index in [-0.39, 0.29) is 12.1 Å². The monoisotopic (exact) mass is 406 g/mol. The molecule has 0 unspecified atom stereocenters. The van der Waals surface area contributed by atoms with Gasteiger partial charge in [0.05, 0.1) is 0 Å². The first-order valence-corrected chi connectivity index (χ1v) is 12.6. The van der Waals surface area contributed by atoms with E-state index in [0.29, 0.717) is 21.4 Å². The molecular formula is C20H38O3Se. The number of rotatable bonds is 15. The van der Waals surface area contributed by atoms with Gasteiger partial charge in [-0.2, -0.15) is 0 Å². The van der Waals surface area contributed by atoms with Crippen LogP contribution in [0.5, 0.6) is 0 Å². The summed E-state index contributed by atoms with van der Waals surface area (Å²) in [6.07, 6.45) is 17.0. The van der Waals surface area contributed by atoms with Crippen LogP contribution in [-0.2, 0) is 9.53 Å². The zero-order valence-corrected chi connectivity index (χ0v) is 17.4. The zero-order valence-electron chi connectivity index (χ0n) is 15.6. The zero-order chi connectivity index (χ0) is 17.5. The maximum absolute atomic E-state index is 11.7. The van der Waals surface area contributed by atoms with Crippen LogP contribution < -0.4 is 0 Å². The first-order valence-electron chi connectivity index (χ1n) is 10.2. The Bertz CT molecular complexity index is 309. The van der Waals surface area contributed by atoms with E-state index in [1.54, 1.807) is 0 Å². The van der Waals surface area contributed by atoms with Crippen molar-refractivity contribution in [3.8, 4) is 0 Å². The number of carbonyl (C=O) groups is 1. The van der Waals surface area contributed by atoms with Gasteiger partial charge in [-0.05, 0) is 0 Å². The Morgan fingerprint density at radius 2 is 1.38 bits per heavy atom. The molecule has 1 aliphatic heterocycles. The van der Waals surface area contributed by atoms with Crippen molar-refractivity contribution >= 4 is 20.9 Å². The second-order valence-electron chi connectivity index (χ2n) is 7.13. The van der Waals surface area contributed by atoms with Gasteiger partial charge in [0.15, 0.2) is 0 Å². The molecule has 0 radical (unpaired) electrons. The summed E-state index contributed by atoms with van der Waals surface area (Å²) in [5.74, 6) is -0.111. The third kappa shape index (κ3) is 11.5. The first-order chi connectivity index (χ1) is 11.7. The molecule has 0 aromatic rings. The van der Waals surface area contributed by atoms with Crippen molar-refractivity contribution in [3.63, 3.8) is 0 Å². The molecule has 1 N–H and O–H groups in total. The topological polar surface area (TPSA) is 46.5 Å². The van der Waals surface area contributed by atoms with Crippen LogP contribution in [-0.4, -0.2) is 38.2 Å². The van der Waals surface area contributed by atoms with Crippen LogP contribution in [0.15, 0.2) is 0 Å². The van der Waals surface area contributed by atoms with Crippen molar-refractivity contribution in [2.75, 3.05) is 0 Å². The molecule has 2 atom stereocenters. The van der Waals surface area contributed by atoms with E-state index < -0.39 is 6.10 Å². The normalized spacial score (nSPS) is 20.4. The van der Waals surface area contributed by atoms with Gasteiger partial charge in [-0.25, -0.2) is 0 Å². The van der Waals surface area contributed by atoms with Crippen LogP contribution in [0.1, 0.15) is 96.8 Å². The number of unbranched alkanes of at least 4 members (excludes halogenated alkanes) is 12. The first kappa shape index (κ1) is 22.0. The van der Waals surface area contributed by atoms with Gasteiger partial charge in [-0.1, -0.05) is 45.4 Å². The summed E-state index contributed by atoms with van der Waals surface area (Å²) in [7, 11) is 0. The summed E-state index contributed by atoms with van der Waals surface area (Å²) in [4.78, 5) is 11.7. The molecular weight excluding hydrogens is 367 g/mol. The number of esters is 1. The second kappa shape index (κ2) is 15.2. The van der Waals surface area contributed by atoms with Crippen LogP contribution >= 0.6 is 0 Å². The summed E-state index contributed by atoms with van der Waals surface area (Å²) in [6, 6.07) is 0. The van der Waals surface area contributed by atoms with Crippen LogP contribution in [0.2, 0.25) is 10.6 Å².